The maximum absolute atomic E-state index is 11.9. The first-order chi connectivity index (χ1) is 8.41. The van der Waals surface area contributed by atoms with Crippen LogP contribution >= 0.6 is 0 Å². The van der Waals surface area contributed by atoms with Gasteiger partial charge in [0.1, 0.15) is 11.5 Å². The molecule has 18 heavy (non-hydrogen) atoms. The molecule has 0 aliphatic rings. The average molecular weight is 250 g/mol. The Labute approximate surface area is 108 Å². The highest BCUT2D eigenvalue weighted by Crippen LogP contribution is 2.06. The summed E-state index contributed by atoms with van der Waals surface area (Å²) in [6, 6.07) is 5.34. The second-order valence-electron chi connectivity index (χ2n) is 4.93. The zero-order valence-corrected chi connectivity index (χ0v) is 11.5. The van der Waals surface area contributed by atoms with Crippen LogP contribution in [0.4, 0.5) is 5.82 Å². The molecule has 0 aliphatic heterocycles. The van der Waals surface area contributed by atoms with Crippen LogP contribution in [0, 0.1) is 5.92 Å². The third-order valence-corrected chi connectivity index (χ3v) is 2.91. The third kappa shape index (κ3) is 4.00. The summed E-state index contributed by atoms with van der Waals surface area (Å²) in [5.74, 6) is 0.638. The van der Waals surface area contributed by atoms with E-state index in [1.165, 1.54) is 0 Å². The minimum absolute atomic E-state index is 0.185. The molecule has 0 saturated heterocycles. The smallest absolute Gasteiger partial charge is 0.270 e. The first-order valence-electron chi connectivity index (χ1n) is 6.09. The van der Waals surface area contributed by atoms with Crippen LogP contribution in [0.15, 0.2) is 18.2 Å². The van der Waals surface area contributed by atoms with E-state index in [1.54, 1.807) is 18.2 Å². The normalized spacial score (nSPS) is 12.8. The van der Waals surface area contributed by atoms with Crippen molar-refractivity contribution in [3.05, 3.63) is 23.9 Å². The van der Waals surface area contributed by atoms with Gasteiger partial charge in [-0.15, -0.1) is 0 Å². The Kier molecular flexibility index (Phi) is 5.09. The number of aromatic nitrogens is 1. The zero-order chi connectivity index (χ0) is 13.7. The van der Waals surface area contributed by atoms with E-state index >= 15 is 0 Å². The van der Waals surface area contributed by atoms with Crippen molar-refractivity contribution < 1.29 is 4.79 Å². The summed E-state index contributed by atoms with van der Waals surface area (Å²) < 4.78 is 0. The Hall–Kier alpha value is -1.62. The van der Waals surface area contributed by atoms with Crippen LogP contribution in [0.3, 0.4) is 0 Å². The Bertz CT molecular complexity index is 396. The van der Waals surface area contributed by atoms with Crippen molar-refractivity contribution in [1.29, 1.82) is 0 Å². The van der Waals surface area contributed by atoms with Crippen molar-refractivity contribution in [2.45, 2.75) is 19.9 Å². The number of likely N-dealkylation sites (N-methyl/N-ethyl adjacent to an activating group) is 1. The largest absolute Gasteiger partial charge is 0.384 e. The molecule has 5 heteroatoms. The van der Waals surface area contributed by atoms with Crippen LogP contribution in [0.25, 0.3) is 0 Å². The number of amides is 1. The molecule has 0 unspecified atom stereocenters. The van der Waals surface area contributed by atoms with E-state index < -0.39 is 0 Å². The van der Waals surface area contributed by atoms with Gasteiger partial charge in [-0.2, -0.15) is 0 Å². The van der Waals surface area contributed by atoms with E-state index in [9.17, 15) is 4.79 Å². The highest BCUT2D eigenvalue weighted by atomic mass is 16.1. The lowest BCUT2D eigenvalue weighted by Crippen LogP contribution is -2.43. The molecular weight excluding hydrogens is 228 g/mol. The summed E-state index contributed by atoms with van der Waals surface area (Å²) >= 11 is 0. The Morgan fingerprint density at radius 2 is 2.11 bits per heavy atom. The fourth-order valence-electron chi connectivity index (χ4n) is 1.88. The van der Waals surface area contributed by atoms with E-state index in [4.69, 9.17) is 5.73 Å². The van der Waals surface area contributed by atoms with Gasteiger partial charge in [-0.05, 0) is 32.1 Å². The van der Waals surface area contributed by atoms with Gasteiger partial charge < -0.3 is 16.0 Å². The molecule has 1 aromatic rings. The van der Waals surface area contributed by atoms with Crippen LogP contribution in [-0.4, -0.2) is 42.5 Å². The lowest BCUT2D eigenvalue weighted by atomic mass is 10.0. The molecule has 0 fully saturated rings. The van der Waals surface area contributed by atoms with Crippen LogP contribution in [-0.2, 0) is 0 Å². The molecule has 0 spiro atoms. The second-order valence-corrected chi connectivity index (χ2v) is 4.93. The molecule has 1 atom stereocenters. The number of carbonyl (C=O) groups excluding carboxylic acids is 1. The van der Waals surface area contributed by atoms with Crippen molar-refractivity contribution in [3.8, 4) is 0 Å². The summed E-state index contributed by atoms with van der Waals surface area (Å²) in [4.78, 5) is 18.0. The number of pyridine rings is 1. The Morgan fingerprint density at radius 3 is 2.61 bits per heavy atom. The number of carbonyl (C=O) groups is 1. The SMILES string of the molecule is CC(C)[C@H](CNC(=O)c1cccc(N)n1)N(C)C. The predicted octanol–water partition coefficient (Wildman–Crippen LogP) is 0.980. The molecule has 0 saturated carbocycles. The van der Waals surface area contributed by atoms with Crippen LogP contribution in [0.5, 0.6) is 0 Å². The third-order valence-electron chi connectivity index (χ3n) is 2.91. The van der Waals surface area contributed by atoms with Gasteiger partial charge >= 0.3 is 0 Å². The molecular formula is C13H22N4O. The summed E-state index contributed by atoms with van der Waals surface area (Å²) in [5, 5.41) is 2.89. The highest BCUT2D eigenvalue weighted by Gasteiger charge is 2.17. The molecule has 1 amide bonds. The van der Waals surface area contributed by atoms with Gasteiger partial charge in [-0.1, -0.05) is 19.9 Å². The van der Waals surface area contributed by atoms with Crippen LogP contribution in [0.1, 0.15) is 24.3 Å². The lowest BCUT2D eigenvalue weighted by molar-refractivity contribution is 0.0930. The maximum atomic E-state index is 11.9. The number of rotatable bonds is 5. The highest BCUT2D eigenvalue weighted by molar-refractivity contribution is 5.92. The van der Waals surface area contributed by atoms with Crippen molar-refractivity contribution >= 4 is 11.7 Å². The van der Waals surface area contributed by atoms with E-state index in [-0.39, 0.29) is 5.91 Å². The first-order valence-corrected chi connectivity index (χ1v) is 6.09. The molecule has 0 aromatic carbocycles. The molecule has 3 N–H and O–H groups in total. The monoisotopic (exact) mass is 250 g/mol. The topological polar surface area (TPSA) is 71.2 Å². The van der Waals surface area contributed by atoms with E-state index in [0.29, 0.717) is 30.0 Å². The van der Waals surface area contributed by atoms with Gasteiger partial charge in [-0.3, -0.25) is 4.79 Å². The second kappa shape index (κ2) is 6.35. The molecule has 0 radical (unpaired) electrons. The Balaban J connectivity index is 2.60. The molecule has 1 rings (SSSR count). The van der Waals surface area contributed by atoms with Crippen LogP contribution < -0.4 is 11.1 Å². The number of nitrogens with two attached hydrogens (primary N) is 1. The molecule has 100 valence electrons. The molecule has 5 nitrogen and oxygen atoms in total. The number of nitrogens with one attached hydrogen (secondary N) is 1. The molecule has 0 bridgehead atoms. The van der Waals surface area contributed by atoms with Gasteiger partial charge in [-0.25, -0.2) is 4.98 Å². The van der Waals surface area contributed by atoms with Gasteiger partial charge in [0.15, 0.2) is 0 Å². The molecule has 1 heterocycles. The minimum Gasteiger partial charge on any atom is -0.384 e. The summed E-state index contributed by atoms with van der Waals surface area (Å²) in [6.45, 7) is 4.87. The molecule has 1 aromatic heterocycles. The van der Waals surface area contributed by atoms with E-state index in [0.717, 1.165) is 0 Å². The van der Waals surface area contributed by atoms with Crippen LogP contribution in [0.2, 0.25) is 0 Å². The maximum Gasteiger partial charge on any atom is 0.270 e. The van der Waals surface area contributed by atoms with Gasteiger partial charge in [0, 0.05) is 12.6 Å². The summed E-state index contributed by atoms with van der Waals surface area (Å²) in [7, 11) is 4.02. The van der Waals surface area contributed by atoms with E-state index in [2.05, 4.69) is 29.0 Å². The van der Waals surface area contributed by atoms with Crippen molar-refractivity contribution in [2.75, 3.05) is 26.4 Å². The number of anilines is 1. The van der Waals surface area contributed by atoms with E-state index in [1.807, 2.05) is 14.1 Å². The van der Waals surface area contributed by atoms with Gasteiger partial charge in [0.05, 0.1) is 0 Å². The fraction of sp³-hybridized carbons (Fsp3) is 0.538. The predicted molar refractivity (Wildman–Crippen MR) is 73.3 cm³/mol. The van der Waals surface area contributed by atoms with Crippen molar-refractivity contribution in [1.82, 2.24) is 15.2 Å². The standard InChI is InChI=1S/C13H22N4O/c1-9(2)11(17(3)4)8-15-13(18)10-6-5-7-12(14)16-10/h5-7,9,11H,8H2,1-4H3,(H2,14,16)(H,15,18)/t11-/m0/s1. The number of nitrogens with zero attached hydrogens (tertiary/aromatic N) is 2. The van der Waals surface area contributed by atoms with Gasteiger partial charge in [0.25, 0.3) is 5.91 Å². The number of hydrogen-bond donors (Lipinski definition) is 2. The lowest BCUT2D eigenvalue weighted by Gasteiger charge is -2.28. The van der Waals surface area contributed by atoms with Crippen molar-refractivity contribution in [2.24, 2.45) is 5.92 Å². The van der Waals surface area contributed by atoms with Crippen molar-refractivity contribution in [3.63, 3.8) is 0 Å². The fourth-order valence-corrected chi connectivity index (χ4v) is 1.88. The summed E-state index contributed by atoms with van der Waals surface area (Å²) in [6.07, 6.45) is 0. The Morgan fingerprint density at radius 1 is 1.44 bits per heavy atom. The van der Waals surface area contributed by atoms with Gasteiger partial charge in [0.2, 0.25) is 0 Å². The first kappa shape index (κ1) is 14.4. The zero-order valence-electron chi connectivity index (χ0n) is 11.5. The quantitative estimate of drug-likeness (QED) is 0.817. The average Bonchev–Trinajstić information content (AvgIpc) is 2.28. The number of hydrogen-bond acceptors (Lipinski definition) is 4. The summed E-state index contributed by atoms with van der Waals surface area (Å²) in [5.41, 5.74) is 5.91. The minimum atomic E-state index is -0.185. The molecule has 0 aliphatic carbocycles. The number of nitrogen functional groups attached to an aromatic ring is 1.